The second-order valence-corrected chi connectivity index (χ2v) is 7.99. The predicted octanol–water partition coefficient (Wildman–Crippen LogP) is 5.05. The van der Waals surface area contributed by atoms with Gasteiger partial charge in [-0.15, -0.1) is 0 Å². The first-order valence-corrected chi connectivity index (χ1v) is 10.9. The van der Waals surface area contributed by atoms with Crippen LogP contribution in [0.4, 0.5) is 0 Å². The van der Waals surface area contributed by atoms with Crippen molar-refractivity contribution < 1.29 is 14.3 Å². The lowest BCUT2D eigenvalue weighted by molar-refractivity contribution is 0.0737. The number of ether oxygens (including phenoxy) is 2. The van der Waals surface area contributed by atoms with E-state index in [-0.39, 0.29) is 11.3 Å². The lowest BCUT2D eigenvalue weighted by Crippen LogP contribution is -2.12. The van der Waals surface area contributed by atoms with Crippen molar-refractivity contribution in [3.63, 3.8) is 0 Å². The van der Waals surface area contributed by atoms with E-state index in [9.17, 15) is 14.9 Å². The Labute approximate surface area is 200 Å². The zero-order valence-corrected chi connectivity index (χ0v) is 18.7. The van der Waals surface area contributed by atoms with Crippen molar-refractivity contribution in [2.24, 2.45) is 0 Å². The molecular weight excluding hydrogens is 442 g/mol. The molecule has 3 aromatic carbocycles. The van der Waals surface area contributed by atoms with Crippen LogP contribution in [0.2, 0.25) is 0 Å². The van der Waals surface area contributed by atoms with Gasteiger partial charge in [0, 0.05) is 10.8 Å². The molecule has 0 aliphatic heterocycles. The summed E-state index contributed by atoms with van der Waals surface area (Å²) in [5.41, 5.74) is 2.81. The highest BCUT2D eigenvalue weighted by atomic mass is 16.5. The summed E-state index contributed by atoms with van der Waals surface area (Å²) < 4.78 is 11.4. The van der Waals surface area contributed by atoms with Crippen molar-refractivity contribution in [2.45, 2.75) is 13.5 Å². The van der Waals surface area contributed by atoms with Crippen LogP contribution >= 0.6 is 0 Å². The number of nitrogens with one attached hydrogen (secondary N) is 1. The maximum absolute atomic E-state index is 12.8. The number of rotatable bonds is 5. The molecule has 0 unspecified atom stereocenters. The molecule has 35 heavy (non-hydrogen) atoms. The van der Waals surface area contributed by atoms with E-state index in [2.05, 4.69) is 9.97 Å². The number of para-hydroxylation sites is 1. The summed E-state index contributed by atoms with van der Waals surface area (Å²) in [6, 6.07) is 25.1. The molecule has 170 valence electrons. The fourth-order valence-electron chi connectivity index (χ4n) is 3.77. The average Bonchev–Trinajstić information content (AvgIpc) is 2.89. The van der Waals surface area contributed by atoms with Crippen LogP contribution in [0.5, 0.6) is 11.5 Å². The van der Waals surface area contributed by atoms with Gasteiger partial charge in [-0.2, -0.15) is 5.26 Å². The minimum atomic E-state index is -0.567. The number of pyridine rings is 2. The Bertz CT molecular complexity index is 1680. The number of fused-ring (bicyclic) bond motifs is 2. The van der Waals surface area contributed by atoms with Crippen LogP contribution < -0.4 is 15.0 Å². The number of nitrogens with zero attached hydrogens (tertiary/aromatic N) is 2. The highest BCUT2D eigenvalue weighted by Gasteiger charge is 2.14. The molecule has 0 atom stereocenters. The standard InChI is InChI=1S/C28H19N3O4/c1-17-6-13-25(23-14-20(15-29)27(32)31-26(17)23)35-28(33)19-8-11-22(12-9-19)34-16-21-10-7-18-4-2-3-5-24(18)30-21/h2-14H,16H2,1H3,(H,31,32). The number of aromatic nitrogens is 2. The summed E-state index contributed by atoms with van der Waals surface area (Å²) in [4.78, 5) is 32.0. The van der Waals surface area contributed by atoms with Crippen molar-refractivity contribution in [3.8, 4) is 17.6 Å². The van der Waals surface area contributed by atoms with E-state index < -0.39 is 11.5 Å². The van der Waals surface area contributed by atoms with Crippen molar-refractivity contribution in [2.75, 3.05) is 0 Å². The minimum Gasteiger partial charge on any atom is -0.487 e. The lowest BCUT2D eigenvalue weighted by atomic mass is 10.1. The number of hydrogen-bond acceptors (Lipinski definition) is 6. The van der Waals surface area contributed by atoms with E-state index >= 15 is 0 Å². The molecule has 0 amide bonds. The zero-order chi connectivity index (χ0) is 24.4. The molecule has 0 saturated carbocycles. The molecule has 2 heterocycles. The van der Waals surface area contributed by atoms with Crippen LogP contribution in [0.15, 0.2) is 83.7 Å². The van der Waals surface area contributed by atoms with E-state index in [0.717, 1.165) is 22.2 Å². The summed E-state index contributed by atoms with van der Waals surface area (Å²) in [5, 5.41) is 10.7. The summed E-state index contributed by atoms with van der Waals surface area (Å²) in [5.74, 6) is 0.280. The van der Waals surface area contributed by atoms with E-state index in [1.807, 2.05) is 49.4 Å². The van der Waals surface area contributed by atoms with Gasteiger partial charge in [-0.1, -0.05) is 30.3 Å². The predicted molar refractivity (Wildman–Crippen MR) is 131 cm³/mol. The van der Waals surface area contributed by atoms with Gasteiger partial charge in [0.25, 0.3) is 5.56 Å². The van der Waals surface area contributed by atoms with Gasteiger partial charge in [-0.05, 0) is 61.0 Å². The Morgan fingerprint density at radius 3 is 2.63 bits per heavy atom. The fraction of sp³-hybridized carbons (Fsp3) is 0.0714. The Morgan fingerprint density at radius 1 is 1.03 bits per heavy atom. The van der Waals surface area contributed by atoms with E-state index in [0.29, 0.717) is 28.8 Å². The third-order valence-electron chi connectivity index (χ3n) is 5.64. The summed E-state index contributed by atoms with van der Waals surface area (Å²) in [7, 11) is 0. The molecule has 1 N–H and O–H groups in total. The van der Waals surface area contributed by atoms with Gasteiger partial charge in [-0.3, -0.25) is 4.79 Å². The van der Waals surface area contributed by atoms with Gasteiger partial charge in [-0.25, -0.2) is 9.78 Å². The molecule has 5 aromatic rings. The molecule has 5 rings (SSSR count). The molecule has 2 aromatic heterocycles. The monoisotopic (exact) mass is 461 g/mol. The number of aryl methyl sites for hydroxylation is 1. The number of hydrogen-bond donors (Lipinski definition) is 1. The molecule has 0 saturated heterocycles. The molecule has 7 nitrogen and oxygen atoms in total. The van der Waals surface area contributed by atoms with Crippen LogP contribution in [0.25, 0.3) is 21.8 Å². The maximum atomic E-state index is 12.8. The third kappa shape index (κ3) is 4.45. The second kappa shape index (κ2) is 9.12. The van der Waals surface area contributed by atoms with Gasteiger partial charge in [0.1, 0.15) is 29.7 Å². The molecule has 0 fully saturated rings. The smallest absolute Gasteiger partial charge is 0.343 e. The van der Waals surface area contributed by atoms with E-state index in [1.165, 1.54) is 6.07 Å². The zero-order valence-electron chi connectivity index (χ0n) is 18.7. The Kier molecular flexibility index (Phi) is 5.70. The highest BCUT2D eigenvalue weighted by Crippen LogP contribution is 2.28. The normalized spacial score (nSPS) is 10.7. The van der Waals surface area contributed by atoms with Crippen LogP contribution in [0, 0.1) is 18.3 Å². The van der Waals surface area contributed by atoms with E-state index in [4.69, 9.17) is 9.47 Å². The van der Waals surface area contributed by atoms with Crippen LogP contribution in [0.1, 0.15) is 27.2 Å². The van der Waals surface area contributed by atoms with Crippen LogP contribution in [0.3, 0.4) is 0 Å². The fourth-order valence-corrected chi connectivity index (χ4v) is 3.77. The summed E-state index contributed by atoms with van der Waals surface area (Å²) in [6.07, 6.45) is 0. The first kappa shape index (κ1) is 21.9. The first-order chi connectivity index (χ1) is 17.0. The number of esters is 1. The Balaban J connectivity index is 1.31. The molecular formula is C28H19N3O4. The largest absolute Gasteiger partial charge is 0.487 e. The van der Waals surface area contributed by atoms with Gasteiger partial charge < -0.3 is 14.5 Å². The molecule has 0 bridgehead atoms. The third-order valence-corrected chi connectivity index (χ3v) is 5.64. The number of aromatic amines is 1. The number of nitriles is 1. The molecule has 0 spiro atoms. The summed E-state index contributed by atoms with van der Waals surface area (Å²) in [6.45, 7) is 2.12. The quantitative estimate of drug-likeness (QED) is 0.290. The topological polar surface area (TPSA) is 105 Å². The maximum Gasteiger partial charge on any atom is 0.343 e. The van der Waals surface area contributed by atoms with Gasteiger partial charge in [0.2, 0.25) is 0 Å². The highest BCUT2D eigenvalue weighted by molar-refractivity contribution is 5.95. The number of carbonyl (C=O) groups excluding carboxylic acids is 1. The van der Waals surface area contributed by atoms with Gasteiger partial charge >= 0.3 is 5.97 Å². The van der Waals surface area contributed by atoms with Gasteiger partial charge in [0.05, 0.1) is 22.3 Å². The lowest BCUT2D eigenvalue weighted by Gasteiger charge is -2.11. The molecule has 0 aliphatic rings. The molecule has 7 heteroatoms. The molecule has 0 radical (unpaired) electrons. The van der Waals surface area contributed by atoms with Crippen molar-refractivity contribution in [3.05, 3.63) is 112 Å². The van der Waals surface area contributed by atoms with E-state index in [1.54, 1.807) is 36.4 Å². The van der Waals surface area contributed by atoms with Crippen molar-refractivity contribution >= 4 is 27.8 Å². The number of benzene rings is 3. The first-order valence-electron chi connectivity index (χ1n) is 10.9. The number of H-pyrrole nitrogens is 1. The molecule has 0 aliphatic carbocycles. The second-order valence-electron chi connectivity index (χ2n) is 7.99. The Morgan fingerprint density at radius 2 is 1.83 bits per heavy atom. The SMILES string of the molecule is Cc1ccc(OC(=O)c2ccc(OCc3ccc4ccccc4n3)cc2)c2cc(C#N)c(=O)[nH]c12. The minimum absolute atomic E-state index is 0.0530. The van der Waals surface area contributed by atoms with Crippen LogP contribution in [-0.4, -0.2) is 15.9 Å². The summed E-state index contributed by atoms with van der Waals surface area (Å²) >= 11 is 0. The Hall–Kier alpha value is -4.96. The van der Waals surface area contributed by atoms with Crippen molar-refractivity contribution in [1.82, 2.24) is 9.97 Å². The average molecular weight is 461 g/mol. The van der Waals surface area contributed by atoms with Crippen molar-refractivity contribution in [1.29, 1.82) is 5.26 Å². The number of carbonyl (C=O) groups is 1. The van der Waals surface area contributed by atoms with Gasteiger partial charge in [0.15, 0.2) is 0 Å². The van der Waals surface area contributed by atoms with Crippen LogP contribution in [-0.2, 0) is 6.61 Å².